The van der Waals surface area contributed by atoms with E-state index in [1.165, 1.54) is 5.56 Å². The van der Waals surface area contributed by atoms with Gasteiger partial charge in [0, 0.05) is 19.7 Å². The van der Waals surface area contributed by atoms with Gasteiger partial charge in [-0.25, -0.2) is 0 Å². The number of hydrogen-bond acceptors (Lipinski definition) is 2. The minimum Gasteiger partial charge on any atom is -0.497 e. The largest absolute Gasteiger partial charge is 0.497 e. The Hall–Kier alpha value is -1.77. The topological polar surface area (TPSA) is 27.1 Å². The molecule has 0 saturated carbocycles. The second-order valence-corrected chi connectivity index (χ2v) is 3.51. The number of nitrogens with zero attached hydrogens (tertiary/aromatic N) is 2. The Morgan fingerprint density at radius 1 is 1.20 bits per heavy atom. The molecule has 1 heterocycles. The summed E-state index contributed by atoms with van der Waals surface area (Å²) < 4.78 is 6.92. The van der Waals surface area contributed by atoms with Crippen LogP contribution in [0.25, 0.3) is 0 Å². The Labute approximate surface area is 89.3 Å². The number of benzene rings is 1. The molecule has 0 saturated heterocycles. The molecule has 15 heavy (non-hydrogen) atoms. The van der Waals surface area contributed by atoms with Gasteiger partial charge < -0.3 is 4.74 Å². The normalized spacial score (nSPS) is 10.3. The maximum Gasteiger partial charge on any atom is 0.118 e. The summed E-state index contributed by atoms with van der Waals surface area (Å²) in [5.74, 6) is 0.889. The van der Waals surface area contributed by atoms with Crippen LogP contribution in [0.1, 0.15) is 11.3 Å². The van der Waals surface area contributed by atoms with Crippen LogP contribution in [0, 0.1) is 0 Å². The third-order valence-corrected chi connectivity index (χ3v) is 2.31. The molecule has 3 heteroatoms. The fraction of sp³-hybridized carbons (Fsp3) is 0.250. The van der Waals surface area contributed by atoms with Gasteiger partial charge in [0.2, 0.25) is 0 Å². The average Bonchev–Trinajstić information content (AvgIpc) is 2.65. The lowest BCUT2D eigenvalue weighted by Crippen LogP contribution is -1.93. The van der Waals surface area contributed by atoms with Crippen LogP contribution >= 0.6 is 0 Å². The molecule has 1 aromatic heterocycles. The fourth-order valence-corrected chi connectivity index (χ4v) is 1.51. The van der Waals surface area contributed by atoms with Crippen LogP contribution < -0.4 is 4.74 Å². The first-order valence-corrected chi connectivity index (χ1v) is 4.89. The van der Waals surface area contributed by atoms with Crippen molar-refractivity contribution in [3.63, 3.8) is 0 Å². The second-order valence-electron chi connectivity index (χ2n) is 3.51. The standard InChI is InChI=1S/C12H14N2O/c1-14-8-7-11(13-14)9-10-3-5-12(15-2)6-4-10/h3-8H,9H2,1-2H3. The van der Waals surface area contributed by atoms with Crippen molar-refractivity contribution in [3.8, 4) is 5.75 Å². The highest BCUT2D eigenvalue weighted by Gasteiger charge is 1.99. The first-order chi connectivity index (χ1) is 7.28. The van der Waals surface area contributed by atoms with Gasteiger partial charge in [-0.3, -0.25) is 4.68 Å². The van der Waals surface area contributed by atoms with E-state index >= 15 is 0 Å². The number of methoxy groups -OCH3 is 1. The second kappa shape index (κ2) is 4.17. The first kappa shape index (κ1) is 9.77. The predicted octanol–water partition coefficient (Wildman–Crippen LogP) is 2.02. The molecule has 0 unspecified atom stereocenters. The quantitative estimate of drug-likeness (QED) is 0.761. The summed E-state index contributed by atoms with van der Waals surface area (Å²) >= 11 is 0. The van der Waals surface area contributed by atoms with Crippen molar-refractivity contribution in [2.45, 2.75) is 6.42 Å². The molecule has 78 valence electrons. The van der Waals surface area contributed by atoms with Gasteiger partial charge in [-0.05, 0) is 23.8 Å². The van der Waals surface area contributed by atoms with Gasteiger partial charge in [0.15, 0.2) is 0 Å². The van der Waals surface area contributed by atoms with E-state index in [0.29, 0.717) is 0 Å². The van der Waals surface area contributed by atoms with Crippen molar-refractivity contribution in [1.82, 2.24) is 9.78 Å². The molecule has 2 rings (SSSR count). The van der Waals surface area contributed by atoms with E-state index in [1.54, 1.807) is 7.11 Å². The van der Waals surface area contributed by atoms with Crippen LogP contribution in [-0.2, 0) is 13.5 Å². The van der Waals surface area contributed by atoms with Crippen LogP contribution in [0.5, 0.6) is 5.75 Å². The molecule has 0 fully saturated rings. The molecule has 0 spiro atoms. The van der Waals surface area contributed by atoms with Gasteiger partial charge in [-0.2, -0.15) is 5.10 Å². The summed E-state index contributed by atoms with van der Waals surface area (Å²) in [4.78, 5) is 0. The SMILES string of the molecule is COc1ccc(Cc2ccn(C)n2)cc1. The molecule has 1 aromatic carbocycles. The number of rotatable bonds is 3. The number of aromatic nitrogens is 2. The van der Waals surface area contributed by atoms with E-state index in [-0.39, 0.29) is 0 Å². The average molecular weight is 202 g/mol. The lowest BCUT2D eigenvalue weighted by molar-refractivity contribution is 0.414. The molecule has 0 aliphatic rings. The van der Waals surface area contributed by atoms with E-state index in [4.69, 9.17) is 4.74 Å². The third kappa shape index (κ3) is 2.37. The molecule has 0 aliphatic carbocycles. The highest BCUT2D eigenvalue weighted by atomic mass is 16.5. The highest BCUT2D eigenvalue weighted by molar-refractivity contribution is 5.29. The summed E-state index contributed by atoms with van der Waals surface area (Å²) in [5, 5.41) is 4.33. The minimum absolute atomic E-state index is 0.866. The summed E-state index contributed by atoms with van der Waals surface area (Å²) in [6, 6.07) is 10.1. The van der Waals surface area contributed by atoms with Gasteiger partial charge in [-0.15, -0.1) is 0 Å². The fourth-order valence-electron chi connectivity index (χ4n) is 1.51. The Morgan fingerprint density at radius 3 is 2.47 bits per heavy atom. The zero-order valence-corrected chi connectivity index (χ0v) is 8.97. The maximum atomic E-state index is 5.10. The lowest BCUT2D eigenvalue weighted by atomic mass is 10.1. The van der Waals surface area contributed by atoms with Crippen molar-refractivity contribution >= 4 is 0 Å². The molecular weight excluding hydrogens is 188 g/mol. The Balaban J connectivity index is 2.11. The monoisotopic (exact) mass is 202 g/mol. The molecule has 0 aliphatic heterocycles. The van der Waals surface area contributed by atoms with Gasteiger partial charge in [0.1, 0.15) is 5.75 Å². The zero-order valence-electron chi connectivity index (χ0n) is 8.97. The van der Waals surface area contributed by atoms with Crippen molar-refractivity contribution < 1.29 is 4.74 Å². The number of hydrogen-bond donors (Lipinski definition) is 0. The molecule has 0 bridgehead atoms. The molecule has 0 radical (unpaired) electrons. The summed E-state index contributed by atoms with van der Waals surface area (Å²) in [6.45, 7) is 0. The smallest absolute Gasteiger partial charge is 0.118 e. The Kier molecular flexibility index (Phi) is 2.72. The van der Waals surface area contributed by atoms with E-state index in [2.05, 4.69) is 17.2 Å². The zero-order chi connectivity index (χ0) is 10.7. The van der Waals surface area contributed by atoms with Crippen LogP contribution in [0.2, 0.25) is 0 Å². The number of ether oxygens (including phenoxy) is 1. The lowest BCUT2D eigenvalue weighted by Gasteiger charge is -2.01. The van der Waals surface area contributed by atoms with Gasteiger partial charge in [-0.1, -0.05) is 12.1 Å². The maximum absolute atomic E-state index is 5.10. The van der Waals surface area contributed by atoms with Crippen LogP contribution in [0.15, 0.2) is 36.5 Å². The van der Waals surface area contributed by atoms with E-state index in [0.717, 1.165) is 17.9 Å². The molecular formula is C12H14N2O. The minimum atomic E-state index is 0.866. The number of aryl methyl sites for hydroxylation is 1. The van der Waals surface area contributed by atoms with Crippen molar-refractivity contribution in [1.29, 1.82) is 0 Å². The Morgan fingerprint density at radius 2 is 1.93 bits per heavy atom. The third-order valence-electron chi connectivity index (χ3n) is 2.31. The first-order valence-electron chi connectivity index (χ1n) is 4.89. The van der Waals surface area contributed by atoms with Crippen LogP contribution in [0.4, 0.5) is 0 Å². The van der Waals surface area contributed by atoms with Crippen molar-refractivity contribution in [2.75, 3.05) is 7.11 Å². The van der Waals surface area contributed by atoms with Crippen molar-refractivity contribution in [3.05, 3.63) is 47.8 Å². The van der Waals surface area contributed by atoms with Gasteiger partial charge >= 0.3 is 0 Å². The van der Waals surface area contributed by atoms with Gasteiger partial charge in [0.25, 0.3) is 0 Å². The molecule has 2 aromatic rings. The van der Waals surface area contributed by atoms with Crippen molar-refractivity contribution in [2.24, 2.45) is 7.05 Å². The predicted molar refractivity (Wildman–Crippen MR) is 59.0 cm³/mol. The van der Waals surface area contributed by atoms with Gasteiger partial charge in [0.05, 0.1) is 12.8 Å². The Bertz CT molecular complexity index is 431. The molecule has 0 N–H and O–H groups in total. The van der Waals surface area contributed by atoms with E-state index < -0.39 is 0 Å². The molecule has 3 nitrogen and oxygen atoms in total. The highest BCUT2D eigenvalue weighted by Crippen LogP contribution is 2.13. The van der Waals surface area contributed by atoms with E-state index in [9.17, 15) is 0 Å². The van der Waals surface area contributed by atoms with E-state index in [1.807, 2.05) is 36.1 Å². The van der Waals surface area contributed by atoms with Crippen LogP contribution in [0.3, 0.4) is 0 Å². The summed E-state index contributed by atoms with van der Waals surface area (Å²) in [7, 11) is 3.60. The van der Waals surface area contributed by atoms with Crippen LogP contribution in [-0.4, -0.2) is 16.9 Å². The summed E-state index contributed by atoms with van der Waals surface area (Å²) in [5.41, 5.74) is 2.33. The summed E-state index contributed by atoms with van der Waals surface area (Å²) in [6.07, 6.45) is 2.82. The molecule has 0 atom stereocenters. The molecule has 0 amide bonds.